The second kappa shape index (κ2) is 37.7. The monoisotopic (exact) mass is 898 g/mol. The Labute approximate surface area is 360 Å². The van der Waals surface area contributed by atoms with Crippen LogP contribution in [0.15, 0.2) is 0 Å². The van der Waals surface area contributed by atoms with Crippen LogP contribution < -0.4 is 21.3 Å². The normalized spacial score (nSPS) is 14.6. The standard InChI is InChI=1S/C38H70Cl4N4O11/c1-30(23-39)34(47)43-9-5-12-51-15-8-16-54-19-22-57-29-38(46-37(50)33(4)26-42,27-55-20-17-52-13-6-10-44-35(48)31(2)24-40)28-56-21-18-53-14-7-11-45-36(49)32(3)25-41/h30-33H,5-29H2,1-4H3,(H,43,47)(H,44,48)(H,45,49)(H,46,50). The molecule has 0 saturated heterocycles. The number of rotatable bonds is 40. The summed E-state index contributed by atoms with van der Waals surface area (Å²) in [6, 6.07) is 0. The Morgan fingerprint density at radius 3 is 0.982 bits per heavy atom. The third kappa shape index (κ3) is 30.4. The van der Waals surface area contributed by atoms with E-state index in [1.54, 1.807) is 27.7 Å². The Morgan fingerprint density at radius 2 is 0.667 bits per heavy atom. The predicted molar refractivity (Wildman–Crippen MR) is 224 cm³/mol. The van der Waals surface area contributed by atoms with Crippen LogP contribution in [0.5, 0.6) is 0 Å². The smallest absolute Gasteiger partial charge is 0.224 e. The lowest BCUT2D eigenvalue weighted by Crippen LogP contribution is -2.60. The van der Waals surface area contributed by atoms with Gasteiger partial charge in [0.1, 0.15) is 5.54 Å². The maximum atomic E-state index is 13.1. The summed E-state index contributed by atoms with van der Waals surface area (Å²) in [7, 11) is 0. The summed E-state index contributed by atoms with van der Waals surface area (Å²) in [5.74, 6) is -0.757. The van der Waals surface area contributed by atoms with E-state index in [1.165, 1.54) is 0 Å². The predicted octanol–water partition coefficient (Wildman–Crippen LogP) is 3.37. The Kier molecular flexibility index (Phi) is 36.9. The van der Waals surface area contributed by atoms with Gasteiger partial charge in [0.15, 0.2) is 0 Å². The van der Waals surface area contributed by atoms with E-state index >= 15 is 0 Å². The van der Waals surface area contributed by atoms with Crippen molar-refractivity contribution in [1.29, 1.82) is 0 Å². The van der Waals surface area contributed by atoms with Crippen molar-refractivity contribution in [3.8, 4) is 0 Å². The van der Waals surface area contributed by atoms with Crippen LogP contribution in [0, 0.1) is 23.7 Å². The highest BCUT2D eigenvalue weighted by molar-refractivity contribution is 6.20. The van der Waals surface area contributed by atoms with Gasteiger partial charge in [-0.15, -0.1) is 46.4 Å². The topological polar surface area (TPSA) is 181 Å². The first-order chi connectivity index (χ1) is 27.5. The second-order valence-corrected chi connectivity index (χ2v) is 15.1. The van der Waals surface area contributed by atoms with Crippen LogP contribution in [-0.4, -0.2) is 165 Å². The van der Waals surface area contributed by atoms with Crippen LogP contribution in [0.2, 0.25) is 0 Å². The summed E-state index contributed by atoms with van der Waals surface area (Å²) in [4.78, 5) is 48.6. The number of ether oxygens (including phenoxy) is 7. The van der Waals surface area contributed by atoms with Gasteiger partial charge >= 0.3 is 0 Å². The highest BCUT2D eigenvalue weighted by Gasteiger charge is 2.35. The largest absolute Gasteiger partial charge is 0.381 e. The number of carbonyl (C=O) groups excluding carboxylic acids is 4. The van der Waals surface area contributed by atoms with Crippen LogP contribution in [0.3, 0.4) is 0 Å². The molecule has 4 N–H and O–H groups in total. The van der Waals surface area contributed by atoms with Crippen molar-refractivity contribution in [2.75, 3.05) is 136 Å². The first-order valence-electron chi connectivity index (χ1n) is 19.9. The van der Waals surface area contributed by atoms with Gasteiger partial charge in [0, 0.05) is 99.9 Å². The van der Waals surface area contributed by atoms with Crippen LogP contribution >= 0.6 is 46.4 Å². The number of amides is 4. The molecule has 57 heavy (non-hydrogen) atoms. The minimum absolute atomic E-state index is 0.0603. The fourth-order valence-electron chi connectivity index (χ4n) is 4.41. The molecule has 0 fully saturated rings. The first-order valence-corrected chi connectivity index (χ1v) is 22.0. The minimum atomic E-state index is -1.06. The molecule has 15 nitrogen and oxygen atoms in total. The van der Waals surface area contributed by atoms with E-state index in [9.17, 15) is 19.2 Å². The summed E-state index contributed by atoms with van der Waals surface area (Å²) < 4.78 is 40.7. The summed E-state index contributed by atoms with van der Waals surface area (Å²) in [5, 5.41) is 11.5. The Morgan fingerprint density at radius 1 is 0.404 bits per heavy atom. The highest BCUT2D eigenvalue weighted by Crippen LogP contribution is 2.12. The molecule has 0 radical (unpaired) electrons. The fraction of sp³-hybridized carbons (Fsp3) is 0.895. The molecule has 0 aromatic heterocycles. The number of hydrogen-bond donors (Lipinski definition) is 4. The van der Waals surface area contributed by atoms with Gasteiger partial charge < -0.3 is 54.4 Å². The number of hydrogen-bond acceptors (Lipinski definition) is 11. The zero-order valence-corrected chi connectivity index (χ0v) is 37.5. The van der Waals surface area contributed by atoms with E-state index in [1.807, 2.05) is 0 Å². The molecule has 4 unspecified atom stereocenters. The highest BCUT2D eigenvalue weighted by atomic mass is 35.5. The van der Waals surface area contributed by atoms with Crippen molar-refractivity contribution >= 4 is 70.0 Å². The zero-order valence-electron chi connectivity index (χ0n) is 34.5. The van der Waals surface area contributed by atoms with Crippen molar-refractivity contribution in [2.24, 2.45) is 23.7 Å². The summed E-state index contributed by atoms with van der Waals surface area (Å²) in [5.41, 5.74) is -1.06. The molecule has 0 bridgehead atoms. The van der Waals surface area contributed by atoms with Crippen molar-refractivity contribution in [1.82, 2.24) is 21.3 Å². The molecule has 4 atom stereocenters. The lowest BCUT2D eigenvalue weighted by Gasteiger charge is -2.35. The number of nitrogens with one attached hydrogen (secondary N) is 4. The van der Waals surface area contributed by atoms with Gasteiger partial charge in [0.2, 0.25) is 23.6 Å². The number of halogens is 4. The van der Waals surface area contributed by atoms with Gasteiger partial charge in [0.25, 0.3) is 0 Å². The van der Waals surface area contributed by atoms with Gasteiger partial charge in [0.05, 0.1) is 59.5 Å². The fourth-order valence-corrected chi connectivity index (χ4v) is 4.97. The maximum Gasteiger partial charge on any atom is 0.224 e. The molecule has 0 aromatic carbocycles. The molecule has 0 spiro atoms. The Bertz CT molecular complexity index is 1000. The van der Waals surface area contributed by atoms with Crippen LogP contribution in [0.25, 0.3) is 0 Å². The van der Waals surface area contributed by atoms with Gasteiger partial charge in [-0.25, -0.2) is 0 Å². The van der Waals surface area contributed by atoms with Gasteiger partial charge in [-0.1, -0.05) is 27.7 Å². The van der Waals surface area contributed by atoms with Crippen LogP contribution in [-0.2, 0) is 52.3 Å². The minimum Gasteiger partial charge on any atom is -0.381 e. The molecule has 0 rings (SSSR count). The van der Waals surface area contributed by atoms with Crippen molar-refractivity contribution in [3.05, 3.63) is 0 Å². The van der Waals surface area contributed by atoms with Gasteiger partial charge in [-0.2, -0.15) is 0 Å². The third-order valence-electron chi connectivity index (χ3n) is 8.23. The molecule has 4 amide bonds. The molecule has 0 aliphatic rings. The van der Waals surface area contributed by atoms with E-state index < -0.39 is 11.5 Å². The quantitative estimate of drug-likeness (QED) is 0.0524. The molecular formula is C38H70Cl4N4O11. The summed E-state index contributed by atoms with van der Waals surface area (Å²) >= 11 is 23.2. The molecule has 336 valence electrons. The SMILES string of the molecule is CC(CCl)C(=O)NCCCOCCCOCCOCC(COCCOCCCNC(=O)C(C)CCl)(COCCOCCCNC(=O)C(C)CCl)NC(=O)C(C)CCl. The second-order valence-electron chi connectivity index (χ2n) is 13.9. The van der Waals surface area contributed by atoms with Gasteiger partial charge in [-0.3, -0.25) is 19.2 Å². The van der Waals surface area contributed by atoms with Crippen molar-refractivity contribution < 1.29 is 52.3 Å². The zero-order chi connectivity index (χ0) is 42.6. The molecule has 0 aliphatic heterocycles. The number of carbonyl (C=O) groups is 4. The Hall–Kier alpha value is -1.24. The maximum absolute atomic E-state index is 13.1. The summed E-state index contributed by atoms with van der Waals surface area (Å²) in [6.07, 6.45) is 2.67. The van der Waals surface area contributed by atoms with E-state index in [4.69, 9.17) is 79.6 Å². The lowest BCUT2D eigenvalue weighted by atomic mass is 10.0. The van der Waals surface area contributed by atoms with E-state index in [0.717, 1.165) is 0 Å². The summed E-state index contributed by atoms with van der Waals surface area (Å²) in [6.45, 7) is 12.8. The van der Waals surface area contributed by atoms with Gasteiger partial charge in [-0.05, 0) is 25.7 Å². The average molecular weight is 901 g/mol. The first kappa shape index (κ1) is 55.8. The van der Waals surface area contributed by atoms with E-state index in [-0.39, 0.29) is 105 Å². The molecule has 19 heteroatoms. The van der Waals surface area contributed by atoms with Crippen molar-refractivity contribution in [2.45, 2.75) is 58.9 Å². The Balaban J connectivity index is 4.93. The molecule has 0 aliphatic carbocycles. The van der Waals surface area contributed by atoms with E-state index in [0.29, 0.717) is 98.2 Å². The molecule has 0 aromatic rings. The molecule has 0 heterocycles. The molecule has 0 saturated carbocycles. The van der Waals surface area contributed by atoms with Crippen molar-refractivity contribution in [3.63, 3.8) is 0 Å². The molecular weight excluding hydrogens is 830 g/mol. The van der Waals surface area contributed by atoms with Crippen LogP contribution in [0.1, 0.15) is 53.4 Å². The number of alkyl halides is 4. The van der Waals surface area contributed by atoms with E-state index in [2.05, 4.69) is 21.3 Å². The average Bonchev–Trinajstić information content (AvgIpc) is 3.22. The van der Waals surface area contributed by atoms with Crippen LogP contribution in [0.4, 0.5) is 0 Å². The third-order valence-corrected chi connectivity index (χ3v) is 10.1. The lowest BCUT2D eigenvalue weighted by molar-refractivity contribution is -0.131.